The largest absolute Gasteiger partial charge is 0.507 e. The molecular weight excluding hydrogens is 550 g/mol. The van der Waals surface area contributed by atoms with E-state index in [1.807, 2.05) is 6.92 Å². The van der Waals surface area contributed by atoms with Crippen LogP contribution in [0.5, 0.6) is 5.75 Å². The number of aromatic nitrogens is 1. The zero-order chi connectivity index (χ0) is 29.7. The molecule has 2 heterocycles. The van der Waals surface area contributed by atoms with Crippen molar-refractivity contribution < 1.29 is 33.9 Å². The van der Waals surface area contributed by atoms with Crippen LogP contribution in [0.25, 0.3) is 5.76 Å². The number of ether oxygens (including phenoxy) is 2. The van der Waals surface area contributed by atoms with Crippen LogP contribution in [0.1, 0.15) is 52.3 Å². The number of rotatable bonds is 11. The summed E-state index contributed by atoms with van der Waals surface area (Å²) in [6.45, 7) is 7.54. The maximum absolute atomic E-state index is 13.5. The Morgan fingerprint density at radius 2 is 1.98 bits per heavy atom. The number of aliphatic hydroxyl groups is 1. The third-order valence-electron chi connectivity index (χ3n) is 6.25. The van der Waals surface area contributed by atoms with Gasteiger partial charge < -0.3 is 14.6 Å². The first-order valence-corrected chi connectivity index (χ1v) is 13.5. The van der Waals surface area contributed by atoms with Gasteiger partial charge >= 0.3 is 11.9 Å². The number of anilines is 1. The molecule has 1 saturated heterocycles. The number of ketones is 1. The Balaban J connectivity index is 1.85. The van der Waals surface area contributed by atoms with Gasteiger partial charge in [0.2, 0.25) is 0 Å². The van der Waals surface area contributed by atoms with Gasteiger partial charge in [-0.1, -0.05) is 49.5 Å². The van der Waals surface area contributed by atoms with Crippen molar-refractivity contribution in [2.24, 2.45) is 0 Å². The van der Waals surface area contributed by atoms with Crippen LogP contribution in [0.15, 0.2) is 66.8 Å². The van der Waals surface area contributed by atoms with Crippen LogP contribution >= 0.6 is 11.3 Å². The van der Waals surface area contributed by atoms with Crippen LogP contribution in [0, 0.1) is 17.0 Å². The Morgan fingerprint density at radius 3 is 2.63 bits per heavy atom. The summed E-state index contributed by atoms with van der Waals surface area (Å²) in [6, 6.07) is 10.6. The van der Waals surface area contributed by atoms with E-state index in [4.69, 9.17) is 9.47 Å². The fraction of sp³-hybridized carbons (Fsp3) is 0.241. The molecule has 0 bridgehead atoms. The smallest absolute Gasteiger partial charge is 0.350 e. The molecule has 1 aliphatic heterocycles. The molecule has 1 aromatic heterocycles. The van der Waals surface area contributed by atoms with Gasteiger partial charge in [0.05, 0.1) is 28.8 Å². The van der Waals surface area contributed by atoms with Gasteiger partial charge in [-0.2, -0.15) is 0 Å². The number of thiazole rings is 1. The first kappa shape index (κ1) is 29.2. The van der Waals surface area contributed by atoms with E-state index >= 15 is 0 Å². The lowest BCUT2D eigenvalue weighted by Crippen LogP contribution is -2.29. The quantitative estimate of drug-likeness (QED) is 0.0455. The van der Waals surface area contributed by atoms with Crippen LogP contribution in [-0.4, -0.2) is 45.9 Å². The molecule has 0 aliphatic carbocycles. The monoisotopic (exact) mass is 577 g/mol. The summed E-state index contributed by atoms with van der Waals surface area (Å²) in [5.74, 6) is -2.61. The number of aliphatic hydroxyl groups excluding tert-OH is 1. The molecule has 0 spiro atoms. The normalized spacial score (nSPS) is 16.0. The van der Waals surface area contributed by atoms with Crippen LogP contribution in [0.2, 0.25) is 0 Å². The zero-order valence-electron chi connectivity index (χ0n) is 22.4. The highest BCUT2D eigenvalue weighted by Crippen LogP contribution is 2.44. The molecule has 1 amide bonds. The summed E-state index contributed by atoms with van der Waals surface area (Å²) in [5.41, 5.74) is 0.404. The van der Waals surface area contributed by atoms with E-state index in [1.54, 1.807) is 31.2 Å². The number of hydrogen-bond acceptors (Lipinski definition) is 10. The average molecular weight is 578 g/mol. The third-order valence-corrected chi connectivity index (χ3v) is 7.38. The molecule has 41 heavy (non-hydrogen) atoms. The fourth-order valence-corrected chi connectivity index (χ4v) is 5.21. The lowest BCUT2D eigenvalue weighted by molar-refractivity contribution is -0.384. The minimum atomic E-state index is -1.19. The number of benzene rings is 2. The Morgan fingerprint density at radius 1 is 1.24 bits per heavy atom. The maximum atomic E-state index is 13.5. The number of carbonyl (C=O) groups is 3. The number of nitro groups is 1. The van der Waals surface area contributed by atoms with Gasteiger partial charge in [0.25, 0.3) is 11.5 Å². The molecule has 3 aromatic rings. The highest BCUT2D eigenvalue weighted by atomic mass is 32.1. The summed E-state index contributed by atoms with van der Waals surface area (Å²) in [7, 11) is 0. The highest BCUT2D eigenvalue weighted by Gasteiger charge is 2.48. The molecule has 1 aliphatic rings. The lowest BCUT2D eigenvalue weighted by atomic mass is 9.95. The van der Waals surface area contributed by atoms with Crippen molar-refractivity contribution in [3.63, 3.8) is 0 Å². The Kier molecular flexibility index (Phi) is 8.93. The topological polar surface area (TPSA) is 149 Å². The summed E-state index contributed by atoms with van der Waals surface area (Å²) in [5, 5.41) is 22.7. The van der Waals surface area contributed by atoms with Gasteiger partial charge in [-0.05, 0) is 43.2 Å². The molecular formula is C29H27N3O8S. The van der Waals surface area contributed by atoms with Gasteiger partial charge in [0.1, 0.15) is 23.0 Å². The van der Waals surface area contributed by atoms with E-state index in [0.29, 0.717) is 17.9 Å². The SMILES string of the molecule is C=CCOC(=O)c1sc(N2C(=O)C(=O)/C(=C(/O)c3cccc(OCCCC)c3)C2c2ccc([N+](=O)[O-])cc2)nc1C. The summed E-state index contributed by atoms with van der Waals surface area (Å²) >= 11 is 0.851. The lowest BCUT2D eigenvalue weighted by Gasteiger charge is -2.23. The highest BCUT2D eigenvalue weighted by molar-refractivity contribution is 7.17. The number of aryl methyl sites for hydroxylation is 1. The second-order valence-electron chi connectivity index (χ2n) is 9.05. The standard InChI is InChI=1S/C29H27N3O8S/c1-4-6-15-39-21-9-7-8-19(16-21)24(33)22-23(18-10-12-20(13-11-18)32(37)38)31(27(35)25(22)34)29-30-17(3)26(41-29)28(36)40-14-5-2/h5,7-13,16,23,33H,2,4,6,14-15H2,1,3H3/b24-22+. The molecule has 1 fully saturated rings. The Hall–Kier alpha value is -4.84. The second kappa shape index (κ2) is 12.6. The fourth-order valence-electron chi connectivity index (χ4n) is 4.22. The minimum Gasteiger partial charge on any atom is -0.507 e. The molecule has 1 unspecified atom stereocenters. The van der Waals surface area contributed by atoms with Gasteiger partial charge in [-0.25, -0.2) is 9.78 Å². The Labute approximate surface area is 239 Å². The van der Waals surface area contributed by atoms with E-state index in [1.165, 1.54) is 30.3 Å². The van der Waals surface area contributed by atoms with Crippen LogP contribution in [-0.2, 0) is 14.3 Å². The van der Waals surface area contributed by atoms with Gasteiger partial charge in [0, 0.05) is 17.7 Å². The number of hydrogen-bond donors (Lipinski definition) is 1. The van der Waals surface area contributed by atoms with Crippen molar-refractivity contribution in [1.82, 2.24) is 4.98 Å². The number of nitrogens with zero attached hydrogens (tertiary/aromatic N) is 3. The van der Waals surface area contributed by atoms with E-state index in [-0.39, 0.29) is 39.1 Å². The molecule has 4 rings (SSSR count). The van der Waals surface area contributed by atoms with Gasteiger partial charge in [0.15, 0.2) is 5.13 Å². The third kappa shape index (κ3) is 6.02. The first-order valence-electron chi connectivity index (χ1n) is 12.7. The van der Waals surface area contributed by atoms with E-state index in [2.05, 4.69) is 11.6 Å². The number of unbranched alkanes of at least 4 members (excludes halogenated alkanes) is 1. The summed E-state index contributed by atoms with van der Waals surface area (Å²) in [4.78, 5) is 55.7. The van der Waals surface area contributed by atoms with Crippen molar-refractivity contribution in [2.45, 2.75) is 32.7 Å². The molecule has 0 saturated carbocycles. The van der Waals surface area contributed by atoms with Crippen LogP contribution in [0.4, 0.5) is 10.8 Å². The van der Waals surface area contributed by atoms with E-state index in [9.17, 15) is 29.6 Å². The van der Waals surface area contributed by atoms with Crippen LogP contribution in [0.3, 0.4) is 0 Å². The molecule has 11 nitrogen and oxygen atoms in total. The van der Waals surface area contributed by atoms with Crippen molar-refractivity contribution in [1.29, 1.82) is 0 Å². The van der Waals surface area contributed by atoms with Gasteiger partial charge in [-0.15, -0.1) is 0 Å². The molecule has 1 N–H and O–H groups in total. The summed E-state index contributed by atoms with van der Waals surface area (Å²) < 4.78 is 10.8. The van der Waals surface area contributed by atoms with Crippen molar-refractivity contribution in [2.75, 3.05) is 18.1 Å². The average Bonchev–Trinajstić information content (AvgIpc) is 3.48. The van der Waals surface area contributed by atoms with Crippen molar-refractivity contribution >= 4 is 45.6 Å². The van der Waals surface area contributed by atoms with Crippen molar-refractivity contribution in [3.8, 4) is 5.75 Å². The number of amides is 1. The van der Waals surface area contributed by atoms with Crippen LogP contribution < -0.4 is 9.64 Å². The van der Waals surface area contributed by atoms with Crippen molar-refractivity contribution in [3.05, 3.63) is 98.6 Å². The first-order chi connectivity index (χ1) is 19.7. The van der Waals surface area contributed by atoms with E-state index in [0.717, 1.165) is 29.1 Å². The number of carbonyl (C=O) groups excluding carboxylic acids is 3. The predicted octanol–water partition coefficient (Wildman–Crippen LogP) is 5.51. The number of Topliss-reactive ketones (excluding diaryl/α,β-unsaturated/α-hetero) is 1. The molecule has 0 radical (unpaired) electrons. The molecule has 2 aromatic carbocycles. The number of nitro benzene ring substituents is 1. The predicted molar refractivity (Wildman–Crippen MR) is 152 cm³/mol. The van der Waals surface area contributed by atoms with E-state index < -0.39 is 34.4 Å². The Bertz CT molecular complexity index is 1540. The van der Waals surface area contributed by atoms with Gasteiger partial charge in [-0.3, -0.25) is 24.6 Å². The maximum Gasteiger partial charge on any atom is 0.350 e. The number of esters is 1. The zero-order valence-corrected chi connectivity index (χ0v) is 23.2. The number of non-ortho nitro benzene ring substituents is 1. The molecule has 1 atom stereocenters. The summed E-state index contributed by atoms with van der Waals surface area (Å²) in [6.07, 6.45) is 3.17. The molecule has 212 valence electrons. The second-order valence-corrected chi connectivity index (χ2v) is 10.0. The molecule has 12 heteroatoms. The minimum absolute atomic E-state index is 0.0224.